The van der Waals surface area contributed by atoms with Crippen molar-refractivity contribution in [2.24, 2.45) is 5.92 Å². The highest BCUT2D eigenvalue weighted by Gasteiger charge is 2.18. The van der Waals surface area contributed by atoms with Gasteiger partial charge in [0.15, 0.2) is 0 Å². The van der Waals surface area contributed by atoms with Crippen LogP contribution in [-0.2, 0) is 0 Å². The molecule has 1 N–H and O–H groups in total. The highest BCUT2D eigenvalue weighted by Crippen LogP contribution is 2.26. The fraction of sp³-hybridized carbons (Fsp3) is 0.385. The molecule has 0 saturated carbocycles. The minimum Gasteiger partial charge on any atom is -0.497 e. The van der Waals surface area contributed by atoms with Crippen LogP contribution in [0.5, 0.6) is 11.6 Å². The van der Waals surface area contributed by atoms with Crippen LogP contribution >= 0.6 is 0 Å². The van der Waals surface area contributed by atoms with E-state index in [1.807, 2.05) is 18.2 Å². The van der Waals surface area contributed by atoms with E-state index < -0.39 is 0 Å². The number of nitrogens with zero attached hydrogens (tertiary/aromatic N) is 2. The summed E-state index contributed by atoms with van der Waals surface area (Å²) in [6, 6.07) is 5.70. The first kappa shape index (κ1) is 11.2. The number of rotatable bonds is 4. The molecule has 1 aliphatic heterocycles. The van der Waals surface area contributed by atoms with Crippen molar-refractivity contribution in [3.8, 4) is 11.6 Å². The molecule has 18 heavy (non-hydrogen) atoms. The van der Waals surface area contributed by atoms with Crippen molar-refractivity contribution >= 4 is 10.9 Å². The molecule has 94 valence electrons. The Morgan fingerprint density at radius 1 is 1.33 bits per heavy atom. The van der Waals surface area contributed by atoms with E-state index >= 15 is 0 Å². The average molecular weight is 245 g/mol. The largest absolute Gasteiger partial charge is 0.497 e. The van der Waals surface area contributed by atoms with Crippen molar-refractivity contribution in [3.05, 3.63) is 24.5 Å². The van der Waals surface area contributed by atoms with E-state index in [0.717, 1.165) is 29.7 Å². The molecule has 0 spiro atoms. The molecule has 0 unspecified atom stereocenters. The van der Waals surface area contributed by atoms with Gasteiger partial charge in [-0.3, -0.25) is 0 Å². The monoisotopic (exact) mass is 245 g/mol. The van der Waals surface area contributed by atoms with Crippen LogP contribution in [0.25, 0.3) is 10.9 Å². The molecule has 2 heterocycles. The standard InChI is InChI=1S/C13H15N3O2/c1-17-10-2-3-12-11(4-10)13(16-8-15-12)18-7-9-5-14-6-9/h2-4,8-9,14H,5-7H2,1H3. The van der Waals surface area contributed by atoms with E-state index in [1.165, 1.54) is 6.33 Å². The SMILES string of the molecule is COc1ccc2ncnc(OCC3CNC3)c2c1. The van der Waals surface area contributed by atoms with E-state index in [0.29, 0.717) is 18.4 Å². The zero-order valence-electron chi connectivity index (χ0n) is 10.2. The number of benzene rings is 1. The zero-order chi connectivity index (χ0) is 12.4. The normalized spacial score (nSPS) is 15.4. The average Bonchev–Trinajstić information content (AvgIpc) is 2.36. The predicted octanol–water partition coefficient (Wildman–Crippen LogP) is 1.24. The lowest BCUT2D eigenvalue weighted by Crippen LogP contribution is -2.45. The van der Waals surface area contributed by atoms with Gasteiger partial charge in [-0.1, -0.05) is 0 Å². The third-order valence-corrected chi connectivity index (χ3v) is 3.13. The second-order valence-corrected chi connectivity index (χ2v) is 4.40. The lowest BCUT2D eigenvalue weighted by atomic mass is 10.1. The first-order valence-corrected chi connectivity index (χ1v) is 5.99. The van der Waals surface area contributed by atoms with Crippen LogP contribution in [0.1, 0.15) is 0 Å². The van der Waals surface area contributed by atoms with E-state index in [9.17, 15) is 0 Å². The second-order valence-electron chi connectivity index (χ2n) is 4.40. The van der Waals surface area contributed by atoms with Crippen LogP contribution in [0.3, 0.4) is 0 Å². The summed E-state index contributed by atoms with van der Waals surface area (Å²) in [5.41, 5.74) is 0.868. The molecule has 0 amide bonds. The molecular formula is C13H15N3O2. The predicted molar refractivity (Wildman–Crippen MR) is 67.9 cm³/mol. The molecule has 3 rings (SSSR count). The number of methoxy groups -OCH3 is 1. The summed E-state index contributed by atoms with van der Waals surface area (Å²) in [5.74, 6) is 2.00. The molecule has 1 saturated heterocycles. The maximum atomic E-state index is 5.78. The zero-order valence-corrected chi connectivity index (χ0v) is 10.2. The van der Waals surface area contributed by atoms with Gasteiger partial charge in [0, 0.05) is 19.0 Å². The molecule has 1 aromatic carbocycles. The summed E-state index contributed by atoms with van der Waals surface area (Å²) in [7, 11) is 1.64. The molecular weight excluding hydrogens is 230 g/mol. The smallest absolute Gasteiger partial charge is 0.224 e. The summed E-state index contributed by atoms with van der Waals surface area (Å²) >= 11 is 0. The number of aromatic nitrogens is 2. The van der Waals surface area contributed by atoms with Gasteiger partial charge in [0.05, 0.1) is 24.6 Å². The van der Waals surface area contributed by atoms with Crippen molar-refractivity contribution in [2.45, 2.75) is 0 Å². The number of hydrogen-bond acceptors (Lipinski definition) is 5. The van der Waals surface area contributed by atoms with Gasteiger partial charge in [0.1, 0.15) is 12.1 Å². The lowest BCUT2D eigenvalue weighted by molar-refractivity contribution is 0.195. The first-order valence-electron chi connectivity index (χ1n) is 5.99. The van der Waals surface area contributed by atoms with Crippen LogP contribution in [0, 0.1) is 5.92 Å². The van der Waals surface area contributed by atoms with Gasteiger partial charge in [-0.15, -0.1) is 0 Å². The Kier molecular flexibility index (Phi) is 2.98. The molecule has 2 aromatic rings. The van der Waals surface area contributed by atoms with Gasteiger partial charge >= 0.3 is 0 Å². The third kappa shape index (κ3) is 2.09. The summed E-state index contributed by atoms with van der Waals surface area (Å²) in [6.07, 6.45) is 1.53. The molecule has 1 fully saturated rings. The minimum atomic E-state index is 0.584. The highest BCUT2D eigenvalue weighted by atomic mass is 16.5. The fourth-order valence-electron chi connectivity index (χ4n) is 1.92. The van der Waals surface area contributed by atoms with Crippen LogP contribution in [0.15, 0.2) is 24.5 Å². The number of fused-ring (bicyclic) bond motifs is 1. The molecule has 5 heteroatoms. The Labute approximate surface area is 105 Å². The van der Waals surface area contributed by atoms with E-state index in [-0.39, 0.29) is 0 Å². The fourth-order valence-corrected chi connectivity index (χ4v) is 1.92. The number of ether oxygens (including phenoxy) is 2. The van der Waals surface area contributed by atoms with Crippen molar-refractivity contribution in [1.29, 1.82) is 0 Å². The van der Waals surface area contributed by atoms with E-state index in [1.54, 1.807) is 7.11 Å². The Hall–Kier alpha value is -1.88. The van der Waals surface area contributed by atoms with Gasteiger partial charge in [-0.2, -0.15) is 0 Å². The topological polar surface area (TPSA) is 56.3 Å². The van der Waals surface area contributed by atoms with Gasteiger partial charge in [-0.05, 0) is 18.2 Å². The Morgan fingerprint density at radius 3 is 2.94 bits per heavy atom. The van der Waals surface area contributed by atoms with E-state index in [4.69, 9.17) is 9.47 Å². The first-order chi connectivity index (χ1) is 8.86. The van der Waals surface area contributed by atoms with Crippen molar-refractivity contribution < 1.29 is 9.47 Å². The summed E-state index contributed by atoms with van der Waals surface area (Å²) in [5, 5.41) is 4.11. The van der Waals surface area contributed by atoms with Crippen LogP contribution in [0.4, 0.5) is 0 Å². The molecule has 5 nitrogen and oxygen atoms in total. The molecule has 0 aliphatic carbocycles. The Morgan fingerprint density at radius 2 is 2.22 bits per heavy atom. The summed E-state index contributed by atoms with van der Waals surface area (Å²) < 4.78 is 11.0. The number of nitrogens with one attached hydrogen (secondary N) is 1. The maximum Gasteiger partial charge on any atom is 0.224 e. The van der Waals surface area contributed by atoms with Gasteiger partial charge < -0.3 is 14.8 Å². The number of hydrogen-bond donors (Lipinski definition) is 1. The summed E-state index contributed by atoms with van der Waals surface area (Å²) in [4.78, 5) is 8.42. The lowest BCUT2D eigenvalue weighted by Gasteiger charge is -2.26. The molecule has 0 atom stereocenters. The minimum absolute atomic E-state index is 0.584. The van der Waals surface area contributed by atoms with Crippen molar-refractivity contribution in [2.75, 3.05) is 26.8 Å². The maximum absolute atomic E-state index is 5.78. The molecule has 0 radical (unpaired) electrons. The third-order valence-electron chi connectivity index (χ3n) is 3.13. The Bertz CT molecular complexity index is 555. The van der Waals surface area contributed by atoms with E-state index in [2.05, 4.69) is 15.3 Å². The second kappa shape index (κ2) is 4.78. The van der Waals surface area contributed by atoms with Gasteiger partial charge in [0.25, 0.3) is 0 Å². The van der Waals surface area contributed by atoms with Crippen molar-refractivity contribution in [1.82, 2.24) is 15.3 Å². The van der Waals surface area contributed by atoms with Crippen molar-refractivity contribution in [3.63, 3.8) is 0 Å². The Balaban J connectivity index is 1.88. The molecule has 1 aromatic heterocycles. The van der Waals surface area contributed by atoms with Gasteiger partial charge in [-0.25, -0.2) is 9.97 Å². The van der Waals surface area contributed by atoms with Crippen LogP contribution in [0.2, 0.25) is 0 Å². The molecule has 1 aliphatic rings. The quantitative estimate of drug-likeness (QED) is 0.878. The van der Waals surface area contributed by atoms with Crippen LogP contribution in [-0.4, -0.2) is 36.8 Å². The van der Waals surface area contributed by atoms with Gasteiger partial charge in [0.2, 0.25) is 5.88 Å². The van der Waals surface area contributed by atoms with Crippen LogP contribution < -0.4 is 14.8 Å². The highest BCUT2D eigenvalue weighted by molar-refractivity contribution is 5.84. The molecule has 0 bridgehead atoms. The summed E-state index contributed by atoms with van der Waals surface area (Å²) in [6.45, 7) is 2.73.